The number of rotatable bonds is 0. The summed E-state index contributed by atoms with van der Waals surface area (Å²) in [6.07, 6.45) is 16.4. The van der Waals surface area contributed by atoms with Crippen LogP contribution in [-0.2, 0) is 0 Å². The molecule has 5 rings (SSSR count). The van der Waals surface area contributed by atoms with Crippen LogP contribution < -0.4 is 10.7 Å². The number of aromatic amines is 1. The van der Waals surface area contributed by atoms with Crippen molar-refractivity contribution in [2.45, 2.75) is 0 Å². The summed E-state index contributed by atoms with van der Waals surface area (Å²) in [6, 6.07) is 6.35. The van der Waals surface area contributed by atoms with Crippen LogP contribution in [-0.4, -0.2) is 16.4 Å². The zero-order valence-corrected chi connectivity index (χ0v) is 13.5. The van der Waals surface area contributed by atoms with Crippen LogP contribution in [0.15, 0.2) is 75.3 Å². The average molecular weight is 327 g/mol. The molecule has 3 aliphatic rings. The molecule has 0 unspecified atom stereocenters. The second-order valence-corrected chi connectivity index (χ2v) is 6.76. The van der Waals surface area contributed by atoms with Crippen LogP contribution >= 0.6 is 11.3 Å². The standard InChI is InChI=1S/C20H13N3S/c1-2-15-9-16-3-4-17(22-16)10-18-5-6-19(23-18)11-20-8-13(12-24-20)7-14(1)21-15/h1-12,21H. The molecule has 0 saturated carbocycles. The van der Waals surface area contributed by atoms with Gasteiger partial charge in [0.05, 0.1) is 22.8 Å². The van der Waals surface area contributed by atoms with Gasteiger partial charge in [-0.15, -0.1) is 11.3 Å². The van der Waals surface area contributed by atoms with Crippen molar-refractivity contribution in [2.75, 3.05) is 0 Å². The highest BCUT2D eigenvalue weighted by Gasteiger charge is 2.07. The molecule has 3 nitrogen and oxygen atoms in total. The van der Waals surface area contributed by atoms with E-state index in [1.807, 2.05) is 30.4 Å². The van der Waals surface area contributed by atoms with E-state index in [1.165, 1.54) is 10.4 Å². The lowest BCUT2D eigenvalue weighted by Crippen LogP contribution is -2.10. The molecule has 2 aromatic heterocycles. The summed E-state index contributed by atoms with van der Waals surface area (Å²) in [6.45, 7) is 0. The number of hydrogen-bond acceptors (Lipinski definition) is 3. The van der Waals surface area contributed by atoms with Crippen molar-refractivity contribution in [2.24, 2.45) is 9.98 Å². The Morgan fingerprint density at radius 1 is 0.750 bits per heavy atom. The number of fused-ring (bicyclic) bond motifs is 6. The molecule has 0 fully saturated rings. The van der Waals surface area contributed by atoms with Crippen molar-refractivity contribution >= 4 is 41.0 Å². The van der Waals surface area contributed by atoms with E-state index in [9.17, 15) is 0 Å². The van der Waals surface area contributed by atoms with Gasteiger partial charge in [-0.1, -0.05) is 0 Å². The Hall–Kier alpha value is -2.98. The van der Waals surface area contributed by atoms with Crippen LogP contribution in [0.2, 0.25) is 0 Å². The van der Waals surface area contributed by atoms with Crippen molar-refractivity contribution in [1.29, 1.82) is 0 Å². The quantitative estimate of drug-likeness (QED) is 0.773. The van der Waals surface area contributed by atoms with Crippen LogP contribution in [0.3, 0.4) is 0 Å². The summed E-state index contributed by atoms with van der Waals surface area (Å²) >= 11 is 1.73. The van der Waals surface area contributed by atoms with E-state index < -0.39 is 0 Å². The first kappa shape index (κ1) is 13.5. The van der Waals surface area contributed by atoms with Crippen LogP contribution in [0.25, 0.3) is 18.2 Å². The minimum atomic E-state index is 0.926. The molecule has 0 saturated heterocycles. The van der Waals surface area contributed by atoms with Gasteiger partial charge in [0, 0.05) is 15.6 Å². The third-order valence-electron chi connectivity index (χ3n) is 3.95. The van der Waals surface area contributed by atoms with E-state index in [4.69, 9.17) is 0 Å². The molecule has 0 radical (unpaired) electrons. The number of allylic oxidation sites excluding steroid dienone is 5. The summed E-state index contributed by atoms with van der Waals surface area (Å²) in [5, 5.41) is 4.30. The smallest absolute Gasteiger partial charge is 0.0659 e. The molecule has 2 aromatic rings. The minimum Gasteiger partial charge on any atom is -0.355 e. The maximum Gasteiger partial charge on any atom is 0.0659 e. The van der Waals surface area contributed by atoms with E-state index in [0.29, 0.717) is 0 Å². The van der Waals surface area contributed by atoms with Gasteiger partial charge in [0.25, 0.3) is 0 Å². The molecule has 0 atom stereocenters. The fourth-order valence-electron chi connectivity index (χ4n) is 2.86. The van der Waals surface area contributed by atoms with Crippen LogP contribution in [0.1, 0.15) is 10.4 Å². The lowest BCUT2D eigenvalue weighted by atomic mass is 10.2. The largest absolute Gasteiger partial charge is 0.355 e. The third kappa shape index (κ3) is 2.57. The fourth-order valence-corrected chi connectivity index (χ4v) is 3.67. The summed E-state index contributed by atoms with van der Waals surface area (Å²) in [4.78, 5) is 13.9. The van der Waals surface area contributed by atoms with Crippen LogP contribution in [0, 0.1) is 0 Å². The highest BCUT2D eigenvalue weighted by Crippen LogP contribution is 2.22. The zero-order valence-electron chi connectivity index (χ0n) is 12.7. The number of H-pyrrole nitrogens is 1. The fraction of sp³-hybridized carbons (Fsp3) is 0. The Kier molecular flexibility index (Phi) is 2.96. The molecule has 4 heteroatoms. The molecule has 0 amide bonds. The predicted octanol–water partition coefficient (Wildman–Crippen LogP) is 2.95. The zero-order chi connectivity index (χ0) is 15.9. The average Bonchev–Trinajstić information content (AvgIpc) is 3.32. The van der Waals surface area contributed by atoms with E-state index in [1.54, 1.807) is 11.3 Å². The SMILES string of the molecule is C1=CC2=NC1=Cc1cc(cs1)C=c1ccc([nH]1)=CC1=NC(=C2)C=C1. The van der Waals surface area contributed by atoms with E-state index >= 15 is 0 Å². The first-order valence-electron chi connectivity index (χ1n) is 7.74. The summed E-state index contributed by atoms with van der Waals surface area (Å²) < 4.78 is 0. The molecule has 114 valence electrons. The molecule has 1 N–H and O–H groups in total. The minimum absolute atomic E-state index is 0.926. The highest BCUT2D eigenvalue weighted by atomic mass is 32.1. The predicted molar refractivity (Wildman–Crippen MR) is 102 cm³/mol. The number of nitrogens with zero attached hydrogens (tertiary/aromatic N) is 2. The van der Waals surface area contributed by atoms with Gasteiger partial charge in [-0.3, -0.25) is 0 Å². The molecule has 0 aliphatic carbocycles. The van der Waals surface area contributed by atoms with Gasteiger partial charge in [0.1, 0.15) is 0 Å². The van der Waals surface area contributed by atoms with Crippen molar-refractivity contribution in [1.82, 2.24) is 4.98 Å². The topological polar surface area (TPSA) is 40.5 Å². The monoisotopic (exact) mass is 327 g/mol. The van der Waals surface area contributed by atoms with Crippen molar-refractivity contribution in [3.63, 3.8) is 0 Å². The van der Waals surface area contributed by atoms with Gasteiger partial charge in [0.2, 0.25) is 0 Å². The third-order valence-corrected chi connectivity index (χ3v) is 4.85. The Morgan fingerprint density at radius 3 is 2.29 bits per heavy atom. The Labute approximate surface area is 142 Å². The van der Waals surface area contributed by atoms with Gasteiger partial charge in [0.15, 0.2) is 0 Å². The molecule has 0 spiro atoms. The molecule has 0 aromatic carbocycles. The second-order valence-electron chi connectivity index (χ2n) is 5.82. The summed E-state index contributed by atoms with van der Waals surface area (Å²) in [7, 11) is 0. The molecule has 3 aliphatic heterocycles. The molecule has 5 heterocycles. The number of thiophene rings is 1. The normalized spacial score (nSPS) is 17.7. The van der Waals surface area contributed by atoms with Crippen LogP contribution in [0.4, 0.5) is 0 Å². The summed E-state index contributed by atoms with van der Waals surface area (Å²) in [5.74, 6) is 0. The Balaban J connectivity index is 1.72. The molecular formula is C20H13N3S. The highest BCUT2D eigenvalue weighted by molar-refractivity contribution is 7.11. The van der Waals surface area contributed by atoms with Gasteiger partial charge in [-0.2, -0.15) is 0 Å². The Bertz CT molecular complexity index is 1140. The van der Waals surface area contributed by atoms with Gasteiger partial charge in [-0.25, -0.2) is 9.98 Å². The van der Waals surface area contributed by atoms with E-state index in [2.05, 4.69) is 56.8 Å². The first-order chi connectivity index (χ1) is 11.8. The van der Waals surface area contributed by atoms with Gasteiger partial charge >= 0.3 is 0 Å². The summed E-state index contributed by atoms with van der Waals surface area (Å²) in [5.41, 5.74) is 4.97. The van der Waals surface area contributed by atoms with E-state index in [0.717, 1.165) is 33.5 Å². The van der Waals surface area contributed by atoms with Crippen molar-refractivity contribution < 1.29 is 0 Å². The maximum atomic E-state index is 4.65. The number of aliphatic imine (C=N–C) groups is 2. The lowest BCUT2D eigenvalue weighted by Gasteiger charge is -1.91. The molecule has 8 bridgehead atoms. The molecular weight excluding hydrogens is 314 g/mol. The van der Waals surface area contributed by atoms with Crippen LogP contribution in [0.5, 0.6) is 0 Å². The van der Waals surface area contributed by atoms with Crippen molar-refractivity contribution in [3.8, 4) is 0 Å². The van der Waals surface area contributed by atoms with Gasteiger partial charge < -0.3 is 4.98 Å². The Morgan fingerprint density at radius 2 is 1.46 bits per heavy atom. The van der Waals surface area contributed by atoms with Gasteiger partial charge in [-0.05, 0) is 77.8 Å². The number of nitrogens with one attached hydrogen (secondary N) is 1. The lowest BCUT2D eigenvalue weighted by molar-refractivity contribution is 1.27. The maximum absolute atomic E-state index is 4.65. The van der Waals surface area contributed by atoms with E-state index in [-0.39, 0.29) is 0 Å². The second kappa shape index (κ2) is 5.28. The molecule has 24 heavy (non-hydrogen) atoms. The van der Waals surface area contributed by atoms with Crippen molar-refractivity contribution in [3.05, 3.63) is 86.5 Å². The number of hydrogen-bond donors (Lipinski definition) is 1. The first-order valence-corrected chi connectivity index (χ1v) is 8.62. The number of aromatic nitrogens is 1.